The largest absolute Gasteiger partial charge is 0.481 e. The smallest absolute Gasteiger partial charge is 0.162 e. The molecule has 0 amide bonds. The molecule has 1 aliphatic heterocycles. The van der Waals surface area contributed by atoms with Crippen LogP contribution in [0.4, 0.5) is 0 Å². The Morgan fingerprint density at radius 2 is 2.13 bits per heavy atom. The summed E-state index contributed by atoms with van der Waals surface area (Å²) in [5.41, 5.74) is 8.78. The van der Waals surface area contributed by atoms with E-state index >= 15 is 0 Å². The highest BCUT2D eigenvalue weighted by Crippen LogP contribution is 2.50. The summed E-state index contributed by atoms with van der Waals surface area (Å²) >= 11 is 3.50. The second-order valence-corrected chi connectivity index (χ2v) is 9.38. The number of hydrogen-bond acceptors (Lipinski definition) is 6. The second-order valence-electron chi connectivity index (χ2n) is 8.46. The quantitative estimate of drug-likeness (QED) is 0.618. The Labute approximate surface area is 191 Å². The van der Waals surface area contributed by atoms with Gasteiger partial charge < -0.3 is 20.1 Å². The van der Waals surface area contributed by atoms with Crippen molar-refractivity contribution < 1.29 is 14.3 Å². The molecule has 2 aliphatic rings. The van der Waals surface area contributed by atoms with E-state index in [9.17, 15) is 10.1 Å². The molecule has 162 valence electrons. The second kappa shape index (κ2) is 9.18. The van der Waals surface area contributed by atoms with E-state index in [0.717, 1.165) is 10.2 Å². The summed E-state index contributed by atoms with van der Waals surface area (Å²) in [6.45, 7) is 5.09. The van der Waals surface area contributed by atoms with Gasteiger partial charge in [-0.05, 0) is 30.0 Å². The number of hydrogen-bond donors (Lipinski definition) is 1. The molecule has 1 atom stereocenters. The molecule has 7 heteroatoms. The summed E-state index contributed by atoms with van der Waals surface area (Å²) in [7, 11) is 1.61. The average molecular weight is 484 g/mol. The van der Waals surface area contributed by atoms with Crippen molar-refractivity contribution in [1.29, 1.82) is 5.26 Å². The van der Waals surface area contributed by atoms with Gasteiger partial charge in [-0.1, -0.05) is 35.7 Å². The number of nitriles is 1. The van der Waals surface area contributed by atoms with Gasteiger partial charge in [-0.15, -0.1) is 6.42 Å². The molecular weight excluding hydrogens is 458 g/mol. The van der Waals surface area contributed by atoms with E-state index < -0.39 is 5.92 Å². The first-order valence-corrected chi connectivity index (χ1v) is 10.8. The highest BCUT2D eigenvalue weighted by Gasteiger charge is 2.44. The van der Waals surface area contributed by atoms with Gasteiger partial charge in [-0.2, -0.15) is 5.26 Å². The highest BCUT2D eigenvalue weighted by molar-refractivity contribution is 9.10. The van der Waals surface area contributed by atoms with E-state index in [1.54, 1.807) is 13.2 Å². The number of methoxy groups -OCH3 is 1. The predicted octanol–water partition coefficient (Wildman–Crippen LogP) is 3.84. The molecule has 2 N–H and O–H groups in total. The third-order valence-electron chi connectivity index (χ3n) is 5.60. The van der Waals surface area contributed by atoms with Crippen molar-refractivity contribution in [2.24, 2.45) is 11.1 Å². The summed E-state index contributed by atoms with van der Waals surface area (Å²) < 4.78 is 11.8. The lowest BCUT2D eigenvalue weighted by atomic mass is 9.68. The molecule has 3 rings (SSSR count). The fraction of sp³-hybridized carbons (Fsp3) is 0.417. The van der Waals surface area contributed by atoms with E-state index in [1.807, 2.05) is 17.0 Å². The first kappa shape index (κ1) is 22.9. The number of halogens is 1. The van der Waals surface area contributed by atoms with Crippen LogP contribution < -0.4 is 10.5 Å². The molecule has 31 heavy (non-hydrogen) atoms. The number of nitrogens with two attached hydrogens (primary N) is 1. The fourth-order valence-electron chi connectivity index (χ4n) is 4.32. The molecular formula is C24H26BrN3O3. The van der Waals surface area contributed by atoms with Crippen LogP contribution in [0.5, 0.6) is 5.75 Å². The maximum Gasteiger partial charge on any atom is 0.162 e. The first-order chi connectivity index (χ1) is 14.7. The molecule has 0 fully saturated rings. The molecule has 0 saturated heterocycles. The zero-order valence-electron chi connectivity index (χ0n) is 18.0. The van der Waals surface area contributed by atoms with Crippen LogP contribution in [0.2, 0.25) is 0 Å². The summed E-state index contributed by atoms with van der Waals surface area (Å²) in [6, 6.07) is 7.75. The number of benzene rings is 1. The number of rotatable bonds is 6. The average Bonchev–Trinajstić information content (AvgIpc) is 2.70. The van der Waals surface area contributed by atoms with Gasteiger partial charge in [0.15, 0.2) is 5.78 Å². The number of carbonyl (C=O) groups excluding carboxylic acids is 1. The summed E-state index contributed by atoms with van der Waals surface area (Å²) in [4.78, 5) is 15.3. The van der Waals surface area contributed by atoms with E-state index in [0.29, 0.717) is 54.3 Å². The van der Waals surface area contributed by atoms with E-state index in [2.05, 4.69) is 41.8 Å². The van der Waals surface area contributed by atoms with Crippen molar-refractivity contribution in [1.82, 2.24) is 4.90 Å². The molecule has 1 aromatic rings. The molecule has 0 spiro atoms. The molecule has 1 aliphatic carbocycles. The molecule has 0 radical (unpaired) electrons. The SMILES string of the molecule is C#CCOc1ccc(Br)cc1[C@H]1C(C#N)=C(N)N(CCOC)C2=C1C(=O)CC(C)(C)C2. The monoisotopic (exact) mass is 483 g/mol. The van der Waals surface area contributed by atoms with Gasteiger partial charge in [0.2, 0.25) is 0 Å². The topological polar surface area (TPSA) is 88.6 Å². The minimum atomic E-state index is -0.618. The van der Waals surface area contributed by atoms with Gasteiger partial charge in [0.25, 0.3) is 0 Å². The number of Topliss-reactive ketones (excluding diaryl/α,β-unsaturated/α-hetero) is 1. The van der Waals surface area contributed by atoms with Crippen LogP contribution in [0.3, 0.4) is 0 Å². The Kier molecular flexibility index (Phi) is 6.79. The lowest BCUT2D eigenvalue weighted by molar-refractivity contribution is -0.118. The van der Waals surface area contributed by atoms with Crippen molar-refractivity contribution >= 4 is 21.7 Å². The lowest BCUT2D eigenvalue weighted by Crippen LogP contribution is -2.43. The predicted molar refractivity (Wildman–Crippen MR) is 122 cm³/mol. The third kappa shape index (κ3) is 4.49. The van der Waals surface area contributed by atoms with Crippen molar-refractivity contribution in [2.75, 3.05) is 26.9 Å². The molecule has 0 aromatic heterocycles. The van der Waals surface area contributed by atoms with Gasteiger partial charge in [-0.3, -0.25) is 4.79 Å². The summed E-state index contributed by atoms with van der Waals surface area (Å²) in [5, 5.41) is 10.1. The molecule has 6 nitrogen and oxygen atoms in total. The Morgan fingerprint density at radius 3 is 2.77 bits per heavy atom. The van der Waals surface area contributed by atoms with Crippen LogP contribution in [0.15, 0.2) is 45.3 Å². The number of nitrogens with zero attached hydrogens (tertiary/aromatic N) is 2. The zero-order valence-corrected chi connectivity index (χ0v) is 19.6. The maximum atomic E-state index is 13.5. The van der Waals surface area contributed by atoms with Crippen molar-refractivity contribution in [3.05, 3.63) is 50.9 Å². The number of allylic oxidation sites excluding steroid dienone is 3. The number of ether oxygens (including phenoxy) is 2. The highest BCUT2D eigenvalue weighted by atomic mass is 79.9. The van der Waals surface area contributed by atoms with Crippen LogP contribution in [0.1, 0.15) is 38.2 Å². The third-order valence-corrected chi connectivity index (χ3v) is 6.09. The van der Waals surface area contributed by atoms with E-state index in [-0.39, 0.29) is 17.8 Å². The standard InChI is InChI=1S/C24H26BrN3O3/c1-5-9-31-20-7-6-15(25)11-16(20)21-17(14-26)23(27)28(8-10-30-4)18-12-24(2,3)13-19(29)22(18)21/h1,6-7,11,21H,8-10,12-13,27H2,2-4H3/t21-/m0/s1. The maximum absolute atomic E-state index is 13.5. The minimum Gasteiger partial charge on any atom is -0.481 e. The van der Waals surface area contributed by atoms with Crippen LogP contribution in [0, 0.1) is 29.1 Å². The van der Waals surface area contributed by atoms with Crippen LogP contribution in [-0.2, 0) is 9.53 Å². The number of carbonyl (C=O) groups is 1. The molecule has 0 saturated carbocycles. The van der Waals surface area contributed by atoms with Crippen molar-refractivity contribution in [3.8, 4) is 24.2 Å². The Morgan fingerprint density at radius 1 is 1.39 bits per heavy atom. The van der Waals surface area contributed by atoms with Crippen LogP contribution >= 0.6 is 15.9 Å². The molecule has 1 aromatic carbocycles. The zero-order chi connectivity index (χ0) is 22.8. The van der Waals surface area contributed by atoms with Gasteiger partial charge >= 0.3 is 0 Å². The van der Waals surface area contributed by atoms with Crippen molar-refractivity contribution in [3.63, 3.8) is 0 Å². The number of ketones is 1. The Hall–Kier alpha value is -2.74. The Bertz CT molecular complexity index is 1040. The van der Waals surface area contributed by atoms with E-state index in [1.165, 1.54) is 0 Å². The van der Waals surface area contributed by atoms with Crippen LogP contribution in [-0.4, -0.2) is 37.6 Å². The van der Waals surface area contributed by atoms with Gasteiger partial charge in [-0.25, -0.2) is 0 Å². The Balaban J connectivity index is 2.27. The minimum absolute atomic E-state index is 0.0155. The normalized spacial score (nSPS) is 20.3. The fourth-order valence-corrected chi connectivity index (χ4v) is 4.70. The summed E-state index contributed by atoms with van der Waals surface area (Å²) in [5.74, 6) is 2.74. The van der Waals surface area contributed by atoms with Gasteiger partial charge in [0.05, 0.1) is 24.2 Å². The first-order valence-electron chi connectivity index (χ1n) is 10.0. The number of terminal acetylenes is 1. The van der Waals surface area contributed by atoms with Crippen LogP contribution in [0.25, 0.3) is 0 Å². The molecule has 0 unspecified atom stereocenters. The molecule has 0 bridgehead atoms. The van der Waals surface area contributed by atoms with Gasteiger partial charge in [0, 0.05) is 41.4 Å². The summed E-state index contributed by atoms with van der Waals surface area (Å²) in [6.07, 6.45) is 6.45. The van der Waals surface area contributed by atoms with E-state index in [4.69, 9.17) is 21.6 Å². The molecule has 1 heterocycles. The lowest BCUT2D eigenvalue weighted by Gasteiger charge is -2.44. The van der Waals surface area contributed by atoms with Gasteiger partial charge in [0.1, 0.15) is 18.2 Å². The van der Waals surface area contributed by atoms with Crippen molar-refractivity contribution in [2.45, 2.75) is 32.6 Å².